The number of carbonyl (C=O) groups excluding carboxylic acids is 2. The molecule has 1 aromatic carbocycles. The normalized spacial score (nSPS) is 11.8. The number of ether oxygens (including phenoxy) is 2. The summed E-state index contributed by atoms with van der Waals surface area (Å²) >= 11 is 0. The Labute approximate surface area is 132 Å². The van der Waals surface area contributed by atoms with Crippen molar-refractivity contribution >= 4 is 11.9 Å². The Kier molecular flexibility index (Phi) is 8.26. The van der Waals surface area contributed by atoms with Crippen LogP contribution in [-0.2, 0) is 14.3 Å². The number of rotatable bonds is 9. The molecular weight excluding hydrogens is 280 g/mol. The third-order valence-corrected chi connectivity index (χ3v) is 3.82. The van der Waals surface area contributed by atoms with Crippen molar-refractivity contribution in [1.29, 1.82) is 0 Å². The molecule has 0 N–H and O–H groups in total. The number of benzene rings is 1. The summed E-state index contributed by atoms with van der Waals surface area (Å²) in [5.41, 5.74) is 1.13. The maximum absolute atomic E-state index is 12.1. The Hall–Kier alpha value is -1.84. The van der Waals surface area contributed by atoms with Crippen LogP contribution in [-0.4, -0.2) is 26.2 Å². The Bertz CT molecular complexity index is 482. The van der Waals surface area contributed by atoms with Gasteiger partial charge in [0.2, 0.25) is 0 Å². The number of hydrogen-bond acceptors (Lipinski definition) is 4. The van der Waals surface area contributed by atoms with Gasteiger partial charge in [-0.2, -0.15) is 0 Å². The van der Waals surface area contributed by atoms with Gasteiger partial charge in [0, 0.05) is 0 Å². The van der Waals surface area contributed by atoms with Crippen molar-refractivity contribution in [3.8, 4) is 0 Å². The third-order valence-electron chi connectivity index (χ3n) is 3.82. The fraction of sp³-hybridized carbons (Fsp3) is 0.556. The summed E-state index contributed by atoms with van der Waals surface area (Å²) < 4.78 is 9.73. The van der Waals surface area contributed by atoms with Crippen LogP contribution in [0.3, 0.4) is 0 Å². The van der Waals surface area contributed by atoms with Crippen LogP contribution < -0.4 is 0 Å². The topological polar surface area (TPSA) is 52.6 Å². The molecule has 1 aromatic rings. The Balaban J connectivity index is 2.88. The van der Waals surface area contributed by atoms with E-state index in [0.29, 0.717) is 17.5 Å². The number of esters is 2. The zero-order valence-corrected chi connectivity index (χ0v) is 13.8. The molecule has 1 atom stereocenters. The van der Waals surface area contributed by atoms with Crippen LogP contribution in [0, 0.1) is 0 Å². The molecule has 0 aliphatic carbocycles. The Morgan fingerprint density at radius 3 is 2.32 bits per heavy atom. The molecule has 4 nitrogen and oxygen atoms in total. The minimum Gasteiger partial charge on any atom is -0.469 e. The van der Waals surface area contributed by atoms with E-state index in [9.17, 15) is 9.59 Å². The first-order valence-electron chi connectivity index (χ1n) is 7.90. The fourth-order valence-electron chi connectivity index (χ4n) is 2.59. The summed E-state index contributed by atoms with van der Waals surface area (Å²) in [6, 6.07) is 7.09. The number of unbranched alkanes of at least 4 members (excludes halogenated alkanes) is 4. The Morgan fingerprint density at radius 2 is 1.68 bits per heavy atom. The van der Waals surface area contributed by atoms with Crippen LogP contribution >= 0.6 is 0 Å². The highest BCUT2D eigenvalue weighted by atomic mass is 16.5. The smallest absolute Gasteiger partial charge is 0.338 e. The largest absolute Gasteiger partial charge is 0.469 e. The lowest BCUT2D eigenvalue weighted by Gasteiger charge is -2.17. The predicted octanol–water partition coefficient (Wildman–Crippen LogP) is 4.09. The third kappa shape index (κ3) is 5.17. The molecule has 0 spiro atoms. The van der Waals surface area contributed by atoms with Gasteiger partial charge in [0.1, 0.15) is 0 Å². The van der Waals surface area contributed by atoms with Crippen molar-refractivity contribution < 1.29 is 19.1 Å². The minimum absolute atomic E-state index is 0.299. The molecule has 0 aliphatic heterocycles. The SMILES string of the molecule is CCCCCCCC(C(=O)OC)c1ccccc1C(=O)OC. The molecule has 1 unspecified atom stereocenters. The van der Waals surface area contributed by atoms with Crippen LogP contribution in [0.4, 0.5) is 0 Å². The fourth-order valence-corrected chi connectivity index (χ4v) is 2.59. The number of hydrogen-bond donors (Lipinski definition) is 0. The second-order valence-corrected chi connectivity index (χ2v) is 5.36. The van der Waals surface area contributed by atoms with E-state index >= 15 is 0 Å². The van der Waals surface area contributed by atoms with Crippen molar-refractivity contribution in [1.82, 2.24) is 0 Å². The molecule has 0 amide bonds. The molecule has 0 saturated carbocycles. The summed E-state index contributed by atoms with van der Waals surface area (Å²) in [7, 11) is 2.73. The van der Waals surface area contributed by atoms with Crippen LogP contribution in [0.25, 0.3) is 0 Å². The van der Waals surface area contributed by atoms with Crippen molar-refractivity contribution in [2.45, 2.75) is 51.4 Å². The van der Waals surface area contributed by atoms with E-state index in [4.69, 9.17) is 9.47 Å². The first-order chi connectivity index (χ1) is 10.7. The molecular formula is C18H26O4. The van der Waals surface area contributed by atoms with Gasteiger partial charge in [0.15, 0.2) is 0 Å². The second-order valence-electron chi connectivity index (χ2n) is 5.36. The molecule has 0 heterocycles. The maximum Gasteiger partial charge on any atom is 0.338 e. The molecule has 0 aromatic heterocycles. The number of methoxy groups -OCH3 is 2. The molecule has 4 heteroatoms. The van der Waals surface area contributed by atoms with Gasteiger partial charge in [-0.1, -0.05) is 57.2 Å². The summed E-state index contributed by atoms with van der Waals surface area (Å²) in [5, 5.41) is 0. The highest BCUT2D eigenvalue weighted by Gasteiger charge is 2.25. The van der Waals surface area contributed by atoms with Crippen molar-refractivity contribution in [2.24, 2.45) is 0 Å². The van der Waals surface area contributed by atoms with Crippen molar-refractivity contribution in [3.63, 3.8) is 0 Å². The minimum atomic E-state index is -0.421. The zero-order valence-electron chi connectivity index (χ0n) is 13.8. The molecule has 0 aliphatic rings. The predicted molar refractivity (Wildman–Crippen MR) is 85.9 cm³/mol. The van der Waals surface area contributed by atoms with E-state index in [1.807, 2.05) is 6.07 Å². The quantitative estimate of drug-likeness (QED) is 0.509. The number of carbonyl (C=O) groups is 2. The van der Waals surface area contributed by atoms with E-state index in [1.165, 1.54) is 33.5 Å². The van der Waals surface area contributed by atoms with Crippen LogP contribution in [0.15, 0.2) is 24.3 Å². The van der Waals surface area contributed by atoms with Gasteiger partial charge in [-0.3, -0.25) is 4.79 Å². The summed E-state index contributed by atoms with van der Waals surface area (Å²) in [4.78, 5) is 24.0. The van der Waals surface area contributed by atoms with E-state index in [2.05, 4.69) is 6.92 Å². The zero-order chi connectivity index (χ0) is 16.4. The lowest BCUT2D eigenvalue weighted by molar-refractivity contribution is -0.142. The second kappa shape index (κ2) is 9.98. The standard InChI is InChI=1S/C18H26O4/c1-4-5-6-7-8-12-15(17(19)21-2)14-11-9-10-13-16(14)18(20)22-3/h9-11,13,15H,4-8,12H2,1-3H3. The lowest BCUT2D eigenvalue weighted by atomic mass is 9.89. The van der Waals surface area contributed by atoms with E-state index in [-0.39, 0.29) is 5.97 Å². The van der Waals surface area contributed by atoms with Gasteiger partial charge in [0.25, 0.3) is 0 Å². The Morgan fingerprint density at radius 1 is 1.00 bits per heavy atom. The van der Waals surface area contributed by atoms with Gasteiger partial charge in [0.05, 0.1) is 25.7 Å². The highest BCUT2D eigenvalue weighted by molar-refractivity contribution is 5.93. The summed E-state index contributed by atoms with van der Waals surface area (Å²) in [5.74, 6) is -1.13. The van der Waals surface area contributed by atoms with Crippen LogP contribution in [0.2, 0.25) is 0 Å². The molecule has 0 bridgehead atoms. The van der Waals surface area contributed by atoms with Crippen LogP contribution in [0.1, 0.15) is 67.3 Å². The average Bonchev–Trinajstić information content (AvgIpc) is 2.57. The lowest BCUT2D eigenvalue weighted by Crippen LogP contribution is -2.18. The van der Waals surface area contributed by atoms with Gasteiger partial charge in [-0.25, -0.2) is 4.79 Å². The van der Waals surface area contributed by atoms with E-state index < -0.39 is 11.9 Å². The first kappa shape index (κ1) is 18.2. The molecule has 0 fully saturated rings. The van der Waals surface area contributed by atoms with Crippen molar-refractivity contribution in [3.05, 3.63) is 35.4 Å². The van der Waals surface area contributed by atoms with Gasteiger partial charge in [-0.05, 0) is 18.1 Å². The average molecular weight is 306 g/mol. The van der Waals surface area contributed by atoms with Gasteiger partial charge in [-0.15, -0.1) is 0 Å². The molecule has 0 saturated heterocycles. The highest BCUT2D eigenvalue weighted by Crippen LogP contribution is 2.27. The van der Waals surface area contributed by atoms with Gasteiger partial charge < -0.3 is 9.47 Å². The van der Waals surface area contributed by atoms with E-state index in [0.717, 1.165) is 12.8 Å². The molecule has 1 rings (SSSR count). The molecule has 0 radical (unpaired) electrons. The van der Waals surface area contributed by atoms with Gasteiger partial charge >= 0.3 is 11.9 Å². The summed E-state index contributed by atoms with van der Waals surface area (Å²) in [6.07, 6.45) is 6.28. The maximum atomic E-state index is 12.1. The monoisotopic (exact) mass is 306 g/mol. The molecule has 122 valence electrons. The van der Waals surface area contributed by atoms with Crippen LogP contribution in [0.5, 0.6) is 0 Å². The summed E-state index contributed by atoms with van der Waals surface area (Å²) in [6.45, 7) is 2.17. The van der Waals surface area contributed by atoms with Crippen molar-refractivity contribution in [2.75, 3.05) is 14.2 Å². The first-order valence-corrected chi connectivity index (χ1v) is 7.90. The molecule has 22 heavy (non-hydrogen) atoms. The van der Waals surface area contributed by atoms with E-state index in [1.54, 1.807) is 18.2 Å².